The standard InChI is InChI=1S/C8H3Cl2NO.C8H5NO/c9-6-3-1-2-5(8(6)10)7(12)4-11;9-6-8(10)7-4-2-1-3-5-7/h1-3H;1-5H. The Morgan fingerprint density at radius 3 is 1.95 bits per heavy atom. The van der Waals surface area contributed by atoms with Gasteiger partial charge < -0.3 is 0 Å². The third-order valence-corrected chi connectivity index (χ3v) is 3.25. The molecule has 0 aromatic heterocycles. The quantitative estimate of drug-likeness (QED) is 0.613. The van der Waals surface area contributed by atoms with Crippen molar-refractivity contribution >= 4 is 34.8 Å². The van der Waals surface area contributed by atoms with Gasteiger partial charge in [-0.2, -0.15) is 10.5 Å². The minimum absolute atomic E-state index is 0.130. The van der Waals surface area contributed by atoms with Gasteiger partial charge in [0.15, 0.2) is 0 Å². The molecule has 108 valence electrons. The molecule has 0 bridgehead atoms. The van der Waals surface area contributed by atoms with E-state index in [2.05, 4.69) is 0 Å². The maximum atomic E-state index is 10.9. The Bertz CT molecular complexity index is 775. The number of ketones is 2. The zero-order valence-corrected chi connectivity index (χ0v) is 12.6. The highest BCUT2D eigenvalue weighted by molar-refractivity contribution is 6.44. The van der Waals surface area contributed by atoms with E-state index in [0.29, 0.717) is 5.56 Å². The molecule has 0 N–H and O–H groups in total. The van der Waals surface area contributed by atoms with E-state index in [-0.39, 0.29) is 15.6 Å². The van der Waals surface area contributed by atoms with Crippen LogP contribution in [0.25, 0.3) is 0 Å². The Hall–Kier alpha value is -2.66. The lowest BCUT2D eigenvalue weighted by atomic mass is 10.1. The van der Waals surface area contributed by atoms with Gasteiger partial charge in [-0.3, -0.25) is 9.59 Å². The zero-order chi connectivity index (χ0) is 16.5. The van der Waals surface area contributed by atoms with Crippen LogP contribution in [0.3, 0.4) is 0 Å². The van der Waals surface area contributed by atoms with Gasteiger partial charge in [0.25, 0.3) is 11.6 Å². The lowest BCUT2D eigenvalue weighted by Gasteiger charge is -1.98. The average molecular weight is 331 g/mol. The Labute approximate surface area is 137 Å². The number of rotatable bonds is 2. The van der Waals surface area contributed by atoms with Gasteiger partial charge in [0, 0.05) is 5.56 Å². The second kappa shape index (κ2) is 8.59. The monoisotopic (exact) mass is 330 g/mol. The summed E-state index contributed by atoms with van der Waals surface area (Å²) in [4.78, 5) is 21.5. The molecule has 0 aliphatic carbocycles. The first-order valence-electron chi connectivity index (χ1n) is 5.89. The summed E-state index contributed by atoms with van der Waals surface area (Å²) in [5, 5.41) is 16.9. The smallest absolute Gasteiger partial charge is 0.263 e. The van der Waals surface area contributed by atoms with Crippen molar-refractivity contribution in [2.75, 3.05) is 0 Å². The fraction of sp³-hybridized carbons (Fsp3) is 0. The molecule has 0 heterocycles. The number of carbonyl (C=O) groups is 2. The van der Waals surface area contributed by atoms with Crippen molar-refractivity contribution in [3.05, 3.63) is 69.7 Å². The molecule has 6 heteroatoms. The van der Waals surface area contributed by atoms with Gasteiger partial charge in [-0.05, 0) is 12.1 Å². The summed E-state index contributed by atoms with van der Waals surface area (Å²) >= 11 is 11.3. The summed E-state index contributed by atoms with van der Waals surface area (Å²) in [7, 11) is 0. The molecule has 0 saturated carbocycles. The normalized spacial score (nSPS) is 8.73. The Morgan fingerprint density at radius 1 is 0.818 bits per heavy atom. The van der Waals surface area contributed by atoms with Gasteiger partial charge in [-0.1, -0.05) is 59.6 Å². The van der Waals surface area contributed by atoms with Crippen LogP contribution in [0.2, 0.25) is 10.0 Å². The van der Waals surface area contributed by atoms with E-state index in [1.54, 1.807) is 48.5 Å². The molecular weight excluding hydrogens is 323 g/mol. The minimum atomic E-state index is -0.678. The predicted molar refractivity (Wildman–Crippen MR) is 82.8 cm³/mol. The maximum absolute atomic E-state index is 10.9. The maximum Gasteiger partial charge on any atom is 0.263 e. The largest absolute Gasteiger partial charge is 0.277 e. The van der Waals surface area contributed by atoms with Gasteiger partial charge in [0.1, 0.15) is 12.1 Å². The van der Waals surface area contributed by atoms with Crippen LogP contribution in [0.5, 0.6) is 0 Å². The lowest BCUT2D eigenvalue weighted by Crippen LogP contribution is -1.95. The molecule has 0 spiro atoms. The predicted octanol–water partition coefficient (Wildman–Crippen LogP) is 4.09. The number of hydrogen-bond donors (Lipinski definition) is 0. The van der Waals surface area contributed by atoms with E-state index in [1.165, 1.54) is 12.1 Å². The van der Waals surface area contributed by atoms with Gasteiger partial charge in [-0.25, -0.2) is 0 Å². The molecule has 0 amide bonds. The van der Waals surface area contributed by atoms with Crippen LogP contribution in [-0.4, -0.2) is 11.6 Å². The lowest BCUT2D eigenvalue weighted by molar-refractivity contribution is 0.104. The molecule has 2 aromatic rings. The molecule has 0 atom stereocenters. The molecule has 0 aliphatic rings. The summed E-state index contributed by atoms with van der Waals surface area (Å²) in [5.74, 6) is -1.16. The van der Waals surface area contributed by atoms with Gasteiger partial charge >= 0.3 is 0 Å². The molecular formula is C16H8Cl2N2O2. The van der Waals surface area contributed by atoms with Crippen LogP contribution in [0.15, 0.2) is 48.5 Å². The van der Waals surface area contributed by atoms with Crippen molar-refractivity contribution in [2.45, 2.75) is 0 Å². The van der Waals surface area contributed by atoms with Gasteiger partial charge in [0.2, 0.25) is 0 Å². The number of Topliss-reactive ketones (excluding diaryl/α,β-unsaturated/α-hetero) is 2. The highest BCUT2D eigenvalue weighted by atomic mass is 35.5. The summed E-state index contributed by atoms with van der Waals surface area (Å²) in [6.45, 7) is 0. The van der Waals surface area contributed by atoms with Gasteiger partial charge in [-0.15, -0.1) is 0 Å². The summed E-state index contributed by atoms with van der Waals surface area (Å²) < 4.78 is 0. The number of hydrogen-bond acceptors (Lipinski definition) is 4. The number of nitriles is 2. The Morgan fingerprint density at radius 2 is 1.41 bits per heavy atom. The van der Waals surface area contributed by atoms with Crippen molar-refractivity contribution in [1.29, 1.82) is 10.5 Å². The highest BCUT2D eigenvalue weighted by Gasteiger charge is 2.10. The van der Waals surface area contributed by atoms with E-state index >= 15 is 0 Å². The van der Waals surface area contributed by atoms with E-state index in [4.69, 9.17) is 33.7 Å². The van der Waals surface area contributed by atoms with E-state index in [0.717, 1.165) is 0 Å². The van der Waals surface area contributed by atoms with Crippen molar-refractivity contribution in [3.8, 4) is 12.1 Å². The zero-order valence-electron chi connectivity index (χ0n) is 11.1. The molecule has 2 rings (SSSR count). The van der Waals surface area contributed by atoms with Crippen molar-refractivity contribution < 1.29 is 9.59 Å². The third-order valence-electron chi connectivity index (χ3n) is 2.44. The fourth-order valence-corrected chi connectivity index (χ4v) is 1.78. The third kappa shape index (κ3) is 4.71. The second-order valence-electron chi connectivity index (χ2n) is 3.85. The first-order chi connectivity index (χ1) is 10.5. The summed E-state index contributed by atoms with van der Waals surface area (Å²) in [5.41, 5.74) is 0.594. The molecule has 0 aliphatic heterocycles. The van der Waals surface area contributed by atoms with Crippen molar-refractivity contribution in [1.82, 2.24) is 0 Å². The van der Waals surface area contributed by atoms with Crippen molar-refractivity contribution in [2.24, 2.45) is 0 Å². The molecule has 4 nitrogen and oxygen atoms in total. The van der Waals surface area contributed by atoms with Crippen LogP contribution < -0.4 is 0 Å². The van der Waals surface area contributed by atoms with E-state index in [9.17, 15) is 9.59 Å². The van der Waals surface area contributed by atoms with Crippen LogP contribution >= 0.6 is 23.2 Å². The topological polar surface area (TPSA) is 81.7 Å². The summed E-state index contributed by atoms with van der Waals surface area (Å²) in [6.07, 6.45) is 0. The van der Waals surface area contributed by atoms with Crippen LogP contribution in [0.1, 0.15) is 20.7 Å². The van der Waals surface area contributed by atoms with Crippen LogP contribution in [0, 0.1) is 22.7 Å². The van der Waals surface area contributed by atoms with Crippen LogP contribution in [-0.2, 0) is 0 Å². The number of benzene rings is 2. The van der Waals surface area contributed by atoms with E-state index in [1.807, 2.05) is 0 Å². The average Bonchev–Trinajstić information content (AvgIpc) is 2.57. The number of nitrogens with zero attached hydrogens (tertiary/aromatic N) is 2. The molecule has 0 saturated heterocycles. The van der Waals surface area contributed by atoms with Crippen molar-refractivity contribution in [3.63, 3.8) is 0 Å². The number of carbonyl (C=O) groups excluding carboxylic acids is 2. The second-order valence-corrected chi connectivity index (χ2v) is 4.63. The molecule has 0 unspecified atom stereocenters. The SMILES string of the molecule is N#CC(=O)c1cccc(Cl)c1Cl.N#CC(=O)c1ccccc1. The van der Waals surface area contributed by atoms with Gasteiger partial charge in [0.05, 0.1) is 15.6 Å². The summed E-state index contributed by atoms with van der Waals surface area (Å²) in [6, 6.07) is 16.1. The Kier molecular flexibility index (Phi) is 6.79. The molecule has 2 aromatic carbocycles. The molecule has 22 heavy (non-hydrogen) atoms. The number of halogens is 2. The Balaban J connectivity index is 0.000000224. The van der Waals surface area contributed by atoms with Crippen LogP contribution in [0.4, 0.5) is 0 Å². The fourth-order valence-electron chi connectivity index (χ4n) is 1.39. The van der Waals surface area contributed by atoms with E-state index < -0.39 is 11.6 Å². The first kappa shape index (κ1) is 17.4. The minimum Gasteiger partial charge on any atom is -0.277 e. The molecule has 0 fully saturated rings. The first-order valence-corrected chi connectivity index (χ1v) is 6.64. The molecule has 0 radical (unpaired) electrons. The highest BCUT2D eigenvalue weighted by Crippen LogP contribution is 2.25.